The molecule has 1 aliphatic heterocycles. The molecule has 0 aromatic heterocycles. The van der Waals surface area contributed by atoms with Gasteiger partial charge in [-0.3, -0.25) is 9.59 Å². The first-order valence-electron chi connectivity index (χ1n) is 9.10. The zero-order valence-electron chi connectivity index (χ0n) is 16.1. The van der Waals surface area contributed by atoms with E-state index in [0.717, 1.165) is 0 Å². The van der Waals surface area contributed by atoms with E-state index in [1.807, 2.05) is 0 Å². The van der Waals surface area contributed by atoms with Crippen LogP contribution < -0.4 is 0 Å². The summed E-state index contributed by atoms with van der Waals surface area (Å²) in [6.07, 6.45) is 0.142. The number of amides is 1. The number of ether oxygens (including phenoxy) is 1. The Hall–Kier alpha value is -3.61. The number of benzene rings is 2. The summed E-state index contributed by atoms with van der Waals surface area (Å²) in [5.41, 5.74) is 1.74. The number of ketones is 1. The van der Waals surface area contributed by atoms with Crippen molar-refractivity contribution >= 4 is 17.7 Å². The predicted octanol–water partition coefficient (Wildman–Crippen LogP) is 3.05. The van der Waals surface area contributed by atoms with E-state index in [2.05, 4.69) is 4.74 Å². The second-order valence-corrected chi connectivity index (χ2v) is 6.65. The number of aliphatic hydroxyl groups is 1. The molecule has 2 aromatic carbocycles. The third kappa shape index (κ3) is 3.85. The van der Waals surface area contributed by atoms with Crippen molar-refractivity contribution in [1.82, 2.24) is 4.90 Å². The van der Waals surface area contributed by atoms with E-state index in [9.17, 15) is 24.6 Å². The number of Topliss-reactive ketones (excluding diaryl/α,β-unsaturated/α-hetero) is 1. The lowest BCUT2D eigenvalue weighted by Crippen LogP contribution is -2.30. The molecule has 2 N–H and O–H groups in total. The van der Waals surface area contributed by atoms with Crippen molar-refractivity contribution in [2.75, 3.05) is 7.11 Å². The number of rotatable bonds is 6. The largest absolute Gasteiger partial charge is 0.508 e. The van der Waals surface area contributed by atoms with Crippen LogP contribution in [0, 0.1) is 0 Å². The summed E-state index contributed by atoms with van der Waals surface area (Å²) in [4.78, 5) is 38.2. The molecular weight excluding hydrogens is 374 g/mol. The number of carbonyl (C=O) groups excluding carboxylic acids is 3. The third-order valence-electron chi connectivity index (χ3n) is 4.86. The average Bonchev–Trinajstić information content (AvgIpc) is 2.98. The second-order valence-electron chi connectivity index (χ2n) is 6.65. The summed E-state index contributed by atoms with van der Waals surface area (Å²) >= 11 is 0. The summed E-state index contributed by atoms with van der Waals surface area (Å²) in [7, 11) is 1.29. The highest BCUT2D eigenvalue weighted by molar-refractivity contribution is 6.08. The number of carbonyl (C=O) groups is 3. The van der Waals surface area contributed by atoms with Crippen molar-refractivity contribution in [2.24, 2.45) is 0 Å². The molecule has 3 rings (SSSR count). The monoisotopic (exact) mass is 395 g/mol. The maximum atomic E-state index is 12.8. The highest BCUT2D eigenvalue weighted by Crippen LogP contribution is 2.39. The predicted molar refractivity (Wildman–Crippen MR) is 104 cm³/mol. The molecule has 1 unspecified atom stereocenters. The van der Waals surface area contributed by atoms with Crippen LogP contribution in [0.2, 0.25) is 0 Å². The Morgan fingerprint density at radius 1 is 1.03 bits per heavy atom. The van der Waals surface area contributed by atoms with Gasteiger partial charge < -0.3 is 19.8 Å². The molecule has 0 spiro atoms. The van der Waals surface area contributed by atoms with E-state index < -0.39 is 23.7 Å². The van der Waals surface area contributed by atoms with Gasteiger partial charge >= 0.3 is 5.97 Å². The Labute approximate surface area is 167 Å². The smallest absolute Gasteiger partial charge is 0.337 e. The minimum atomic E-state index is -0.768. The van der Waals surface area contributed by atoms with Crippen molar-refractivity contribution in [2.45, 2.75) is 25.9 Å². The maximum Gasteiger partial charge on any atom is 0.337 e. The summed E-state index contributed by atoms with van der Waals surface area (Å²) in [5.74, 6) is -1.93. The Morgan fingerprint density at radius 3 is 2.21 bits per heavy atom. The van der Waals surface area contributed by atoms with Gasteiger partial charge in [0.2, 0.25) is 0 Å². The molecule has 1 amide bonds. The van der Waals surface area contributed by atoms with Crippen LogP contribution in [0.5, 0.6) is 5.75 Å². The molecule has 150 valence electrons. The lowest BCUT2D eigenvalue weighted by Gasteiger charge is -2.27. The number of hydrogen-bond acceptors (Lipinski definition) is 6. The lowest BCUT2D eigenvalue weighted by atomic mass is 9.95. The molecule has 29 heavy (non-hydrogen) atoms. The maximum absolute atomic E-state index is 12.8. The molecule has 0 fully saturated rings. The van der Waals surface area contributed by atoms with Gasteiger partial charge in [0.05, 0.1) is 24.3 Å². The van der Waals surface area contributed by atoms with Gasteiger partial charge in [0.15, 0.2) is 11.5 Å². The second kappa shape index (κ2) is 8.18. The SMILES string of the molecule is CCC(=O)C1=C(O)C(=O)N(Cc2ccc(C(=O)OC)cc2)C1c1ccc(O)cc1. The van der Waals surface area contributed by atoms with E-state index >= 15 is 0 Å². The van der Waals surface area contributed by atoms with E-state index in [1.54, 1.807) is 43.3 Å². The number of aliphatic hydroxyl groups excluding tert-OH is 1. The number of esters is 1. The first-order valence-corrected chi connectivity index (χ1v) is 9.10. The van der Waals surface area contributed by atoms with Crippen LogP contribution in [-0.2, 0) is 20.9 Å². The summed E-state index contributed by atoms with van der Waals surface area (Å²) in [6, 6.07) is 11.9. The topological polar surface area (TPSA) is 104 Å². The van der Waals surface area contributed by atoms with Crippen LogP contribution >= 0.6 is 0 Å². The van der Waals surface area contributed by atoms with E-state index in [1.165, 1.54) is 24.1 Å². The lowest BCUT2D eigenvalue weighted by molar-refractivity contribution is -0.130. The van der Waals surface area contributed by atoms with Gasteiger partial charge in [0.1, 0.15) is 5.75 Å². The fraction of sp³-hybridized carbons (Fsp3) is 0.227. The molecule has 7 heteroatoms. The highest BCUT2D eigenvalue weighted by Gasteiger charge is 2.42. The standard InChI is InChI=1S/C22H21NO6/c1-3-17(25)18-19(14-8-10-16(24)11-9-14)23(21(27)20(18)26)12-13-4-6-15(7-5-13)22(28)29-2/h4-11,19,24,26H,3,12H2,1-2H3. The highest BCUT2D eigenvalue weighted by atomic mass is 16.5. The van der Waals surface area contributed by atoms with Gasteiger partial charge in [0.25, 0.3) is 5.91 Å². The van der Waals surface area contributed by atoms with Gasteiger partial charge in [-0.2, -0.15) is 0 Å². The van der Waals surface area contributed by atoms with Gasteiger partial charge in [-0.15, -0.1) is 0 Å². The Balaban J connectivity index is 1.97. The van der Waals surface area contributed by atoms with Crippen molar-refractivity contribution < 1.29 is 29.3 Å². The van der Waals surface area contributed by atoms with Gasteiger partial charge in [-0.1, -0.05) is 31.2 Å². The molecule has 0 radical (unpaired) electrons. The molecule has 0 saturated heterocycles. The Morgan fingerprint density at radius 2 is 1.66 bits per heavy atom. The van der Waals surface area contributed by atoms with E-state index in [4.69, 9.17) is 0 Å². The van der Waals surface area contributed by atoms with Crippen molar-refractivity contribution in [3.8, 4) is 5.75 Å². The van der Waals surface area contributed by atoms with Gasteiger partial charge in [-0.25, -0.2) is 4.79 Å². The first kappa shape index (κ1) is 20.1. The fourth-order valence-corrected chi connectivity index (χ4v) is 3.36. The van der Waals surface area contributed by atoms with Gasteiger partial charge in [0, 0.05) is 13.0 Å². The molecule has 1 heterocycles. The van der Waals surface area contributed by atoms with Crippen molar-refractivity contribution in [1.29, 1.82) is 0 Å². The zero-order valence-corrected chi connectivity index (χ0v) is 16.1. The van der Waals surface area contributed by atoms with Crippen LogP contribution in [0.3, 0.4) is 0 Å². The number of phenols is 1. The molecule has 0 aliphatic carbocycles. The summed E-state index contributed by atoms with van der Waals surface area (Å²) < 4.78 is 4.68. The fourth-order valence-electron chi connectivity index (χ4n) is 3.36. The normalized spacial score (nSPS) is 16.3. The third-order valence-corrected chi connectivity index (χ3v) is 4.86. The molecular formula is C22H21NO6. The number of aromatic hydroxyl groups is 1. The molecule has 7 nitrogen and oxygen atoms in total. The van der Waals surface area contributed by atoms with Crippen molar-refractivity contribution in [3.63, 3.8) is 0 Å². The quantitative estimate of drug-likeness (QED) is 0.729. The van der Waals surface area contributed by atoms with Crippen molar-refractivity contribution in [3.05, 3.63) is 76.6 Å². The van der Waals surface area contributed by atoms with Crippen LogP contribution in [0.4, 0.5) is 0 Å². The number of nitrogens with zero attached hydrogens (tertiary/aromatic N) is 1. The summed E-state index contributed by atoms with van der Waals surface area (Å²) in [6.45, 7) is 1.78. The number of hydrogen-bond donors (Lipinski definition) is 2. The van der Waals surface area contributed by atoms with E-state index in [-0.39, 0.29) is 30.1 Å². The molecule has 0 saturated carbocycles. The van der Waals surface area contributed by atoms with Gasteiger partial charge in [-0.05, 0) is 35.4 Å². The summed E-state index contributed by atoms with van der Waals surface area (Å²) in [5, 5.41) is 20.0. The van der Waals surface area contributed by atoms with Crippen LogP contribution in [0.25, 0.3) is 0 Å². The number of phenolic OH excluding ortho intramolecular Hbond substituents is 1. The van der Waals surface area contributed by atoms with E-state index in [0.29, 0.717) is 16.7 Å². The minimum Gasteiger partial charge on any atom is -0.508 e. The molecule has 2 aromatic rings. The Kier molecular flexibility index (Phi) is 5.68. The van der Waals surface area contributed by atoms with Crippen LogP contribution in [0.15, 0.2) is 59.9 Å². The average molecular weight is 395 g/mol. The molecule has 1 atom stereocenters. The van der Waals surface area contributed by atoms with Crippen LogP contribution in [-0.4, -0.2) is 39.9 Å². The minimum absolute atomic E-state index is 0.0503. The number of methoxy groups -OCH3 is 1. The Bertz CT molecular complexity index is 975. The van der Waals surface area contributed by atoms with Crippen LogP contribution in [0.1, 0.15) is 40.9 Å². The zero-order chi connectivity index (χ0) is 21.1. The first-order chi connectivity index (χ1) is 13.9. The molecule has 1 aliphatic rings. The molecule has 0 bridgehead atoms.